The maximum Gasteiger partial charge on any atom is 0.248 e. The lowest BCUT2D eigenvalue weighted by Crippen LogP contribution is -2.13. The summed E-state index contributed by atoms with van der Waals surface area (Å²) in [6.45, 7) is 7.57. The Bertz CT molecular complexity index is 349. The highest BCUT2D eigenvalue weighted by Crippen LogP contribution is 2.18. The van der Waals surface area contributed by atoms with E-state index in [0.29, 0.717) is 11.0 Å². The van der Waals surface area contributed by atoms with Crippen molar-refractivity contribution < 1.29 is 4.79 Å². The van der Waals surface area contributed by atoms with Crippen LogP contribution < -0.4 is 11.1 Å². The molecule has 0 bridgehead atoms. The molecule has 1 amide bonds. The molecular weight excluding hydrogens is 200 g/mol. The Hall–Kier alpha value is -1.51. The SMILES string of the molecule is CC(C)(C)CCNc1ccc(C(N)=O)cc1. The first-order chi connectivity index (χ1) is 7.38. The Morgan fingerprint density at radius 2 is 1.81 bits per heavy atom. The number of nitrogens with one attached hydrogen (secondary N) is 1. The van der Waals surface area contributed by atoms with Crippen LogP contribution in [0.2, 0.25) is 0 Å². The van der Waals surface area contributed by atoms with Crippen molar-refractivity contribution in [2.45, 2.75) is 27.2 Å². The zero-order valence-corrected chi connectivity index (χ0v) is 10.2. The molecule has 0 aliphatic rings. The lowest BCUT2D eigenvalue weighted by Gasteiger charge is -2.18. The highest BCUT2D eigenvalue weighted by atomic mass is 16.1. The number of carbonyl (C=O) groups excluding carboxylic acids is 1. The van der Waals surface area contributed by atoms with E-state index >= 15 is 0 Å². The molecule has 0 saturated heterocycles. The standard InChI is InChI=1S/C13H20N2O/c1-13(2,3)8-9-15-11-6-4-10(5-7-11)12(14)16/h4-7,15H,8-9H2,1-3H3,(H2,14,16). The molecule has 1 aromatic rings. The van der Waals surface area contributed by atoms with E-state index in [0.717, 1.165) is 18.7 Å². The number of amides is 1. The number of anilines is 1. The fraction of sp³-hybridized carbons (Fsp3) is 0.462. The van der Waals surface area contributed by atoms with Crippen LogP contribution in [-0.2, 0) is 0 Å². The zero-order valence-electron chi connectivity index (χ0n) is 10.2. The van der Waals surface area contributed by atoms with E-state index in [1.807, 2.05) is 12.1 Å². The second-order valence-electron chi connectivity index (χ2n) is 5.18. The fourth-order valence-electron chi connectivity index (χ4n) is 1.33. The minimum absolute atomic E-state index is 0.333. The van der Waals surface area contributed by atoms with Crippen molar-refractivity contribution in [2.75, 3.05) is 11.9 Å². The topological polar surface area (TPSA) is 55.1 Å². The molecule has 3 nitrogen and oxygen atoms in total. The highest BCUT2D eigenvalue weighted by Gasteiger charge is 2.08. The molecule has 1 aromatic carbocycles. The summed E-state index contributed by atoms with van der Waals surface area (Å²) in [4.78, 5) is 10.9. The predicted molar refractivity (Wildman–Crippen MR) is 67.5 cm³/mol. The summed E-state index contributed by atoms with van der Waals surface area (Å²) in [5.74, 6) is -0.388. The van der Waals surface area contributed by atoms with Gasteiger partial charge in [-0.15, -0.1) is 0 Å². The summed E-state index contributed by atoms with van der Waals surface area (Å²) in [6, 6.07) is 7.23. The van der Waals surface area contributed by atoms with Crippen LogP contribution in [0, 0.1) is 5.41 Å². The van der Waals surface area contributed by atoms with Crippen molar-refractivity contribution >= 4 is 11.6 Å². The van der Waals surface area contributed by atoms with Crippen molar-refractivity contribution in [1.82, 2.24) is 0 Å². The van der Waals surface area contributed by atoms with Crippen molar-refractivity contribution in [1.29, 1.82) is 0 Å². The molecule has 88 valence electrons. The zero-order chi connectivity index (χ0) is 12.2. The van der Waals surface area contributed by atoms with Crippen LogP contribution in [0.3, 0.4) is 0 Å². The summed E-state index contributed by atoms with van der Waals surface area (Å²) in [7, 11) is 0. The molecule has 0 aliphatic carbocycles. The van der Waals surface area contributed by atoms with Crippen LogP contribution in [0.4, 0.5) is 5.69 Å². The van der Waals surface area contributed by atoms with Crippen molar-refractivity contribution in [3.05, 3.63) is 29.8 Å². The van der Waals surface area contributed by atoms with E-state index in [2.05, 4.69) is 26.1 Å². The molecule has 0 atom stereocenters. The molecule has 0 fully saturated rings. The number of nitrogens with two attached hydrogens (primary N) is 1. The van der Waals surface area contributed by atoms with Gasteiger partial charge < -0.3 is 11.1 Å². The van der Waals surface area contributed by atoms with E-state index in [1.54, 1.807) is 12.1 Å². The molecule has 3 heteroatoms. The second-order valence-corrected chi connectivity index (χ2v) is 5.18. The third-order valence-electron chi connectivity index (χ3n) is 2.37. The van der Waals surface area contributed by atoms with Gasteiger partial charge in [0.2, 0.25) is 5.91 Å². The lowest BCUT2D eigenvalue weighted by atomic mass is 9.92. The van der Waals surface area contributed by atoms with Gasteiger partial charge in [0.05, 0.1) is 0 Å². The van der Waals surface area contributed by atoms with Gasteiger partial charge in [0.15, 0.2) is 0 Å². The predicted octanol–water partition coefficient (Wildman–Crippen LogP) is 2.63. The summed E-state index contributed by atoms with van der Waals surface area (Å²) in [5.41, 5.74) is 7.06. The number of benzene rings is 1. The van der Waals surface area contributed by atoms with E-state index in [4.69, 9.17) is 5.73 Å². The van der Waals surface area contributed by atoms with E-state index in [9.17, 15) is 4.79 Å². The Labute approximate surface area is 97.0 Å². The largest absolute Gasteiger partial charge is 0.385 e. The molecule has 0 radical (unpaired) electrons. The third-order valence-corrected chi connectivity index (χ3v) is 2.37. The minimum Gasteiger partial charge on any atom is -0.385 e. The molecule has 0 aromatic heterocycles. The number of primary amides is 1. The van der Waals surface area contributed by atoms with Gasteiger partial charge in [-0.1, -0.05) is 20.8 Å². The van der Waals surface area contributed by atoms with Crippen LogP contribution in [-0.4, -0.2) is 12.5 Å². The van der Waals surface area contributed by atoms with Crippen molar-refractivity contribution in [3.8, 4) is 0 Å². The highest BCUT2D eigenvalue weighted by molar-refractivity contribution is 5.93. The van der Waals surface area contributed by atoms with Crippen LogP contribution in [0.25, 0.3) is 0 Å². The van der Waals surface area contributed by atoms with Crippen molar-refractivity contribution in [2.24, 2.45) is 11.1 Å². The van der Waals surface area contributed by atoms with Crippen LogP contribution >= 0.6 is 0 Å². The maximum atomic E-state index is 10.9. The fourth-order valence-corrected chi connectivity index (χ4v) is 1.33. The third kappa shape index (κ3) is 4.34. The molecule has 0 heterocycles. The Morgan fingerprint density at radius 1 is 1.25 bits per heavy atom. The Balaban J connectivity index is 2.47. The maximum absolute atomic E-state index is 10.9. The molecule has 0 aliphatic heterocycles. The normalized spacial score (nSPS) is 11.2. The van der Waals surface area contributed by atoms with E-state index < -0.39 is 0 Å². The molecular formula is C13H20N2O. The summed E-state index contributed by atoms with van der Waals surface area (Å²) >= 11 is 0. The quantitative estimate of drug-likeness (QED) is 0.819. The van der Waals surface area contributed by atoms with Gasteiger partial charge in [-0.25, -0.2) is 0 Å². The molecule has 3 N–H and O–H groups in total. The molecule has 16 heavy (non-hydrogen) atoms. The average molecular weight is 220 g/mol. The first-order valence-electron chi connectivity index (χ1n) is 5.52. The van der Waals surface area contributed by atoms with Gasteiger partial charge >= 0.3 is 0 Å². The minimum atomic E-state index is -0.388. The monoisotopic (exact) mass is 220 g/mol. The molecule has 0 saturated carbocycles. The van der Waals surface area contributed by atoms with Crippen LogP contribution in [0.1, 0.15) is 37.6 Å². The van der Waals surface area contributed by atoms with Gasteiger partial charge in [-0.2, -0.15) is 0 Å². The van der Waals surface area contributed by atoms with Gasteiger partial charge in [0, 0.05) is 17.8 Å². The van der Waals surface area contributed by atoms with Gasteiger partial charge in [-0.3, -0.25) is 4.79 Å². The molecule has 0 spiro atoms. The number of carbonyl (C=O) groups is 1. The van der Waals surface area contributed by atoms with E-state index in [1.165, 1.54) is 0 Å². The average Bonchev–Trinajstić information content (AvgIpc) is 2.16. The summed E-state index contributed by atoms with van der Waals surface area (Å²) in [5, 5.41) is 3.32. The summed E-state index contributed by atoms with van der Waals surface area (Å²) < 4.78 is 0. The van der Waals surface area contributed by atoms with Crippen molar-refractivity contribution in [3.63, 3.8) is 0 Å². The number of hydrogen-bond donors (Lipinski definition) is 2. The first kappa shape index (κ1) is 12.6. The van der Waals surface area contributed by atoms with Gasteiger partial charge in [0.25, 0.3) is 0 Å². The van der Waals surface area contributed by atoms with Crippen LogP contribution in [0.15, 0.2) is 24.3 Å². The lowest BCUT2D eigenvalue weighted by molar-refractivity contribution is 0.100. The Kier molecular flexibility index (Phi) is 3.93. The molecule has 0 unspecified atom stereocenters. The second kappa shape index (κ2) is 5.01. The smallest absolute Gasteiger partial charge is 0.248 e. The summed E-state index contributed by atoms with van der Waals surface area (Å²) in [6.07, 6.45) is 1.10. The number of rotatable bonds is 4. The van der Waals surface area contributed by atoms with Gasteiger partial charge in [0.1, 0.15) is 0 Å². The molecule has 1 rings (SSSR count). The Morgan fingerprint density at radius 3 is 2.25 bits per heavy atom. The first-order valence-corrected chi connectivity index (χ1v) is 5.52. The van der Waals surface area contributed by atoms with Crippen LogP contribution in [0.5, 0.6) is 0 Å². The van der Waals surface area contributed by atoms with Gasteiger partial charge in [-0.05, 0) is 36.1 Å². The van der Waals surface area contributed by atoms with E-state index in [-0.39, 0.29) is 5.91 Å². The number of hydrogen-bond acceptors (Lipinski definition) is 2.